The largest absolute Gasteiger partial charge is 0.496 e. The van der Waals surface area contributed by atoms with Gasteiger partial charge in [0.25, 0.3) is 0 Å². The fourth-order valence-electron chi connectivity index (χ4n) is 1.97. The number of benzene rings is 2. The molecule has 1 radical (unpaired) electrons. The number of hydrogen-bond donors (Lipinski definition) is 0. The molecule has 0 amide bonds. The smallest absolute Gasteiger partial charge is 0.241 e. The summed E-state index contributed by atoms with van der Waals surface area (Å²) in [5.41, 5.74) is 0.933. The van der Waals surface area contributed by atoms with Crippen LogP contribution in [0.3, 0.4) is 0 Å². The van der Waals surface area contributed by atoms with Gasteiger partial charge < -0.3 is 9.47 Å². The van der Waals surface area contributed by atoms with Gasteiger partial charge in [0.1, 0.15) is 17.1 Å². The normalized spacial score (nSPS) is 9.90. The topological polar surface area (TPSA) is 52.6 Å². The van der Waals surface area contributed by atoms with Crippen molar-refractivity contribution in [3.05, 3.63) is 59.2 Å². The molecule has 0 atom stereocenters. The Hall–Kier alpha value is -2.62. The van der Waals surface area contributed by atoms with Crippen LogP contribution in [-0.4, -0.2) is 26.3 Å². The summed E-state index contributed by atoms with van der Waals surface area (Å²) in [5.74, 6) is 0.274. The lowest BCUT2D eigenvalue weighted by Gasteiger charge is -2.12. The summed E-state index contributed by atoms with van der Waals surface area (Å²) in [4.78, 5) is 23.5. The minimum atomic E-state index is -0.221. The first-order valence-corrected chi connectivity index (χ1v) is 5.95. The number of ether oxygens (including phenoxy) is 2. The monoisotopic (exact) mass is 269 g/mol. The number of ketones is 1. The third-order valence-corrected chi connectivity index (χ3v) is 2.93. The van der Waals surface area contributed by atoms with Gasteiger partial charge in [-0.1, -0.05) is 30.3 Å². The van der Waals surface area contributed by atoms with Crippen LogP contribution in [0.5, 0.6) is 11.5 Å². The zero-order valence-electron chi connectivity index (χ0n) is 11.2. The lowest BCUT2D eigenvalue weighted by Crippen LogP contribution is -2.07. The maximum atomic E-state index is 12.4. The van der Waals surface area contributed by atoms with E-state index in [0.29, 0.717) is 16.9 Å². The standard InChI is InChI=1S/C16H13O4/c1-19-14-9-8-12(16(20-2)13(14)10-17)15(18)11-6-4-3-5-7-11/h3-9H,1-2H3. The molecule has 4 nitrogen and oxygen atoms in total. The first-order valence-electron chi connectivity index (χ1n) is 5.95. The first kappa shape index (κ1) is 13.8. The molecule has 20 heavy (non-hydrogen) atoms. The van der Waals surface area contributed by atoms with Crippen LogP contribution >= 0.6 is 0 Å². The Morgan fingerprint density at radius 2 is 1.70 bits per heavy atom. The molecule has 0 fully saturated rings. The summed E-state index contributed by atoms with van der Waals surface area (Å²) in [6.45, 7) is 0. The number of carbonyl (C=O) groups is 1. The molecule has 0 saturated heterocycles. The Bertz CT molecular complexity index is 632. The quantitative estimate of drug-likeness (QED) is 0.782. The van der Waals surface area contributed by atoms with E-state index < -0.39 is 0 Å². The Morgan fingerprint density at radius 3 is 2.25 bits per heavy atom. The van der Waals surface area contributed by atoms with Gasteiger partial charge in [0.2, 0.25) is 6.29 Å². The molecule has 0 spiro atoms. The molecule has 0 heterocycles. The molecule has 0 unspecified atom stereocenters. The lowest BCUT2D eigenvalue weighted by molar-refractivity contribution is 0.103. The summed E-state index contributed by atoms with van der Waals surface area (Å²) in [6, 6.07) is 11.9. The van der Waals surface area contributed by atoms with Crippen molar-refractivity contribution in [3.63, 3.8) is 0 Å². The van der Waals surface area contributed by atoms with E-state index in [1.54, 1.807) is 42.7 Å². The highest BCUT2D eigenvalue weighted by Crippen LogP contribution is 2.32. The molecule has 0 bridgehead atoms. The Balaban J connectivity index is 2.58. The van der Waals surface area contributed by atoms with Crippen molar-refractivity contribution in [1.82, 2.24) is 0 Å². The molecule has 2 aromatic rings. The zero-order valence-corrected chi connectivity index (χ0v) is 11.2. The fourth-order valence-corrected chi connectivity index (χ4v) is 1.97. The van der Waals surface area contributed by atoms with E-state index >= 15 is 0 Å². The van der Waals surface area contributed by atoms with Gasteiger partial charge in [0, 0.05) is 5.56 Å². The average molecular weight is 269 g/mol. The van der Waals surface area contributed by atoms with Crippen molar-refractivity contribution >= 4 is 12.1 Å². The molecule has 0 saturated carbocycles. The van der Waals surface area contributed by atoms with E-state index in [9.17, 15) is 9.59 Å². The van der Waals surface area contributed by atoms with Gasteiger partial charge in [-0.05, 0) is 12.1 Å². The number of hydrogen-bond acceptors (Lipinski definition) is 4. The third-order valence-electron chi connectivity index (χ3n) is 2.93. The second kappa shape index (κ2) is 6.02. The highest BCUT2D eigenvalue weighted by Gasteiger charge is 2.20. The Labute approximate surface area is 116 Å². The van der Waals surface area contributed by atoms with Gasteiger partial charge in [-0.2, -0.15) is 0 Å². The maximum absolute atomic E-state index is 12.4. The zero-order chi connectivity index (χ0) is 14.5. The third kappa shape index (κ3) is 2.40. The predicted molar refractivity (Wildman–Crippen MR) is 74.2 cm³/mol. The lowest BCUT2D eigenvalue weighted by atomic mass is 9.99. The van der Waals surface area contributed by atoms with E-state index in [1.807, 2.05) is 6.07 Å². The minimum Gasteiger partial charge on any atom is -0.496 e. The van der Waals surface area contributed by atoms with Crippen LogP contribution in [0, 0.1) is 0 Å². The van der Waals surface area contributed by atoms with Crippen molar-refractivity contribution in [2.45, 2.75) is 0 Å². The second-order valence-corrected chi connectivity index (χ2v) is 4.02. The molecule has 2 rings (SSSR count). The molecule has 0 aromatic heterocycles. The summed E-state index contributed by atoms with van der Waals surface area (Å²) in [6.07, 6.45) is 1.76. The summed E-state index contributed by atoms with van der Waals surface area (Å²) in [5, 5.41) is 0. The van der Waals surface area contributed by atoms with Gasteiger partial charge in [0.15, 0.2) is 5.78 Å². The summed E-state index contributed by atoms with van der Waals surface area (Å²) < 4.78 is 10.3. The minimum absolute atomic E-state index is 0.108. The summed E-state index contributed by atoms with van der Waals surface area (Å²) >= 11 is 0. The van der Waals surface area contributed by atoms with Crippen LogP contribution in [0.25, 0.3) is 0 Å². The fraction of sp³-hybridized carbons (Fsp3) is 0.125. The molecular weight excluding hydrogens is 256 g/mol. The van der Waals surface area contributed by atoms with Crippen molar-refractivity contribution in [3.8, 4) is 11.5 Å². The number of rotatable bonds is 5. The maximum Gasteiger partial charge on any atom is 0.241 e. The Morgan fingerprint density at radius 1 is 1.00 bits per heavy atom. The van der Waals surface area contributed by atoms with Crippen molar-refractivity contribution in [1.29, 1.82) is 0 Å². The molecule has 0 N–H and O–H groups in total. The SMILES string of the molecule is COc1ccc(C(=O)c2ccccc2)c(OC)c1[C]=O. The summed E-state index contributed by atoms with van der Waals surface area (Å²) in [7, 11) is 2.84. The van der Waals surface area contributed by atoms with Crippen LogP contribution in [0.2, 0.25) is 0 Å². The van der Waals surface area contributed by atoms with E-state index in [4.69, 9.17) is 9.47 Å². The van der Waals surface area contributed by atoms with Crippen molar-refractivity contribution < 1.29 is 19.1 Å². The molecule has 0 aliphatic heterocycles. The van der Waals surface area contributed by atoms with E-state index in [-0.39, 0.29) is 17.1 Å². The molecular formula is C16H13O4. The Kier molecular flexibility index (Phi) is 4.15. The molecule has 101 valence electrons. The molecule has 4 heteroatoms. The van der Waals surface area contributed by atoms with Crippen LogP contribution in [0.4, 0.5) is 0 Å². The highest BCUT2D eigenvalue weighted by atomic mass is 16.5. The van der Waals surface area contributed by atoms with Crippen LogP contribution in [0.1, 0.15) is 21.5 Å². The second-order valence-electron chi connectivity index (χ2n) is 4.02. The van der Waals surface area contributed by atoms with Crippen molar-refractivity contribution in [2.75, 3.05) is 14.2 Å². The molecule has 0 aliphatic rings. The van der Waals surface area contributed by atoms with E-state index in [1.165, 1.54) is 14.2 Å². The highest BCUT2D eigenvalue weighted by molar-refractivity contribution is 6.12. The van der Waals surface area contributed by atoms with Crippen molar-refractivity contribution in [2.24, 2.45) is 0 Å². The van der Waals surface area contributed by atoms with E-state index in [0.717, 1.165) is 0 Å². The van der Waals surface area contributed by atoms with Gasteiger partial charge >= 0.3 is 0 Å². The number of carbonyl (C=O) groups excluding carboxylic acids is 2. The van der Waals surface area contributed by atoms with E-state index in [2.05, 4.69) is 0 Å². The molecule has 0 aliphatic carbocycles. The van der Waals surface area contributed by atoms with Gasteiger partial charge in [0.05, 0.1) is 19.8 Å². The van der Waals surface area contributed by atoms with Gasteiger partial charge in [-0.25, -0.2) is 0 Å². The first-order chi connectivity index (χ1) is 9.72. The molecule has 2 aromatic carbocycles. The van der Waals surface area contributed by atoms with Crippen LogP contribution in [0.15, 0.2) is 42.5 Å². The number of methoxy groups -OCH3 is 2. The van der Waals surface area contributed by atoms with Gasteiger partial charge in [-0.15, -0.1) is 0 Å². The van der Waals surface area contributed by atoms with Gasteiger partial charge in [-0.3, -0.25) is 9.59 Å². The average Bonchev–Trinajstić information content (AvgIpc) is 2.53. The van der Waals surface area contributed by atoms with Crippen LogP contribution in [-0.2, 0) is 4.79 Å². The predicted octanol–water partition coefficient (Wildman–Crippen LogP) is 2.39. The van der Waals surface area contributed by atoms with Crippen LogP contribution < -0.4 is 9.47 Å².